The van der Waals surface area contributed by atoms with Crippen molar-refractivity contribution in [3.05, 3.63) is 98.2 Å². The van der Waals surface area contributed by atoms with Crippen LogP contribution in [0, 0.1) is 5.82 Å². The Labute approximate surface area is 209 Å². The van der Waals surface area contributed by atoms with Crippen LogP contribution < -0.4 is 5.43 Å². The first-order valence-electron chi connectivity index (χ1n) is 9.43. The minimum atomic E-state index is -4.20. The molecule has 3 rings (SSSR count). The highest BCUT2D eigenvalue weighted by Crippen LogP contribution is 2.25. The number of benzene rings is 3. The molecule has 3 aromatic carbocycles. The van der Waals surface area contributed by atoms with E-state index in [9.17, 15) is 17.6 Å². The number of nitrogens with zero attached hydrogens (tertiary/aromatic N) is 2. The number of halogens is 4. The summed E-state index contributed by atoms with van der Waals surface area (Å²) in [5, 5.41) is 4.26. The summed E-state index contributed by atoms with van der Waals surface area (Å²) in [7, 11) is -4.20. The molecule has 0 aliphatic rings. The Hall–Kier alpha value is -2.30. The summed E-state index contributed by atoms with van der Waals surface area (Å²) in [6, 6.07) is 16.6. The summed E-state index contributed by atoms with van der Waals surface area (Å²) in [6.07, 6.45) is 1.41. The van der Waals surface area contributed by atoms with Gasteiger partial charge in [-0.3, -0.25) is 4.79 Å². The Morgan fingerprint density at radius 3 is 2.42 bits per heavy atom. The standard InChI is InChI=1S/C22H17BrCl2FN3O3S/c23-19-5-2-1-4-15(19)12-27-28-22(30)14-29(13-18-20(25)6-3-7-21(18)26)33(31,32)17-10-8-16(24)9-11-17/h1-12H,13-14H2,(H,28,30)/b27-12-. The molecule has 0 fully saturated rings. The quantitative estimate of drug-likeness (QED) is 0.296. The first-order valence-corrected chi connectivity index (χ1v) is 12.4. The molecule has 0 atom stereocenters. The van der Waals surface area contributed by atoms with Crippen molar-refractivity contribution < 1.29 is 17.6 Å². The minimum absolute atomic E-state index is 0.0404. The Morgan fingerprint density at radius 1 is 1.06 bits per heavy atom. The van der Waals surface area contributed by atoms with Crippen molar-refractivity contribution in [2.75, 3.05) is 6.54 Å². The third-order valence-corrected chi connectivity index (χ3v) is 7.60. The van der Waals surface area contributed by atoms with E-state index in [-0.39, 0.29) is 15.5 Å². The molecule has 172 valence electrons. The van der Waals surface area contributed by atoms with Gasteiger partial charge >= 0.3 is 0 Å². The molecular weight excluding hydrogens is 556 g/mol. The first-order chi connectivity index (χ1) is 15.7. The molecule has 6 nitrogen and oxygen atoms in total. The number of nitrogens with one attached hydrogen (secondary N) is 1. The number of sulfonamides is 1. The molecule has 0 heterocycles. The van der Waals surface area contributed by atoms with E-state index >= 15 is 0 Å². The van der Waals surface area contributed by atoms with Gasteiger partial charge in [0.1, 0.15) is 5.82 Å². The lowest BCUT2D eigenvalue weighted by Gasteiger charge is -2.22. The maximum atomic E-state index is 14.4. The highest BCUT2D eigenvalue weighted by atomic mass is 79.9. The Bertz CT molecular complexity index is 1270. The molecule has 0 aromatic heterocycles. The van der Waals surface area contributed by atoms with Gasteiger partial charge in [0.25, 0.3) is 5.91 Å². The van der Waals surface area contributed by atoms with Crippen molar-refractivity contribution >= 4 is 61.3 Å². The van der Waals surface area contributed by atoms with Crippen LogP contribution in [0.5, 0.6) is 0 Å². The van der Waals surface area contributed by atoms with Crippen LogP contribution >= 0.6 is 39.1 Å². The molecule has 0 spiro atoms. The zero-order chi connectivity index (χ0) is 24.0. The van der Waals surface area contributed by atoms with E-state index < -0.39 is 34.8 Å². The summed E-state index contributed by atoms with van der Waals surface area (Å²) in [5.41, 5.74) is 2.95. The zero-order valence-electron chi connectivity index (χ0n) is 16.9. The van der Waals surface area contributed by atoms with Crippen molar-refractivity contribution in [1.29, 1.82) is 0 Å². The van der Waals surface area contributed by atoms with E-state index in [1.54, 1.807) is 12.1 Å². The average Bonchev–Trinajstić information content (AvgIpc) is 2.77. The third-order valence-electron chi connectivity index (χ3n) is 4.47. The second-order valence-corrected chi connectivity index (χ2v) is 10.4. The number of hydrogen-bond acceptors (Lipinski definition) is 4. The third kappa shape index (κ3) is 6.61. The number of carbonyl (C=O) groups is 1. The summed E-state index contributed by atoms with van der Waals surface area (Å²) in [6.45, 7) is -1.08. The van der Waals surface area contributed by atoms with Gasteiger partial charge in [-0.15, -0.1) is 0 Å². The lowest BCUT2D eigenvalue weighted by Crippen LogP contribution is -2.39. The second-order valence-electron chi connectivity index (χ2n) is 6.74. The molecule has 0 aliphatic carbocycles. The summed E-state index contributed by atoms with van der Waals surface area (Å²) in [5.74, 6) is -1.41. The Morgan fingerprint density at radius 2 is 1.76 bits per heavy atom. The van der Waals surface area contributed by atoms with Crippen LogP contribution in [0.1, 0.15) is 11.1 Å². The Balaban J connectivity index is 1.85. The molecule has 0 saturated carbocycles. The maximum Gasteiger partial charge on any atom is 0.255 e. The van der Waals surface area contributed by atoms with E-state index in [4.69, 9.17) is 23.2 Å². The zero-order valence-corrected chi connectivity index (χ0v) is 20.8. The molecule has 3 aromatic rings. The van der Waals surface area contributed by atoms with Crippen LogP contribution in [-0.2, 0) is 21.4 Å². The van der Waals surface area contributed by atoms with E-state index in [1.165, 1.54) is 42.6 Å². The number of hydrogen-bond donors (Lipinski definition) is 1. The highest BCUT2D eigenvalue weighted by Gasteiger charge is 2.28. The van der Waals surface area contributed by atoms with Crippen LogP contribution in [0.2, 0.25) is 10.0 Å². The van der Waals surface area contributed by atoms with E-state index in [2.05, 4.69) is 26.5 Å². The largest absolute Gasteiger partial charge is 0.272 e. The minimum Gasteiger partial charge on any atom is -0.272 e. The van der Waals surface area contributed by atoms with Crippen molar-refractivity contribution in [2.24, 2.45) is 5.10 Å². The van der Waals surface area contributed by atoms with Gasteiger partial charge in [0.05, 0.1) is 17.7 Å². The normalized spacial score (nSPS) is 11.8. The summed E-state index contributed by atoms with van der Waals surface area (Å²) in [4.78, 5) is 12.4. The van der Waals surface area contributed by atoms with Gasteiger partial charge in [0.2, 0.25) is 10.0 Å². The molecular formula is C22H17BrCl2FN3O3S. The first kappa shape index (κ1) is 25.3. The van der Waals surface area contributed by atoms with E-state index in [0.717, 1.165) is 14.8 Å². The lowest BCUT2D eigenvalue weighted by molar-refractivity contribution is -0.121. The molecule has 0 aliphatic heterocycles. The van der Waals surface area contributed by atoms with Crippen LogP contribution in [0.15, 0.2) is 81.2 Å². The van der Waals surface area contributed by atoms with Gasteiger partial charge in [-0.2, -0.15) is 9.41 Å². The average molecular weight is 573 g/mol. The van der Waals surface area contributed by atoms with Gasteiger partial charge in [-0.05, 0) is 42.5 Å². The van der Waals surface area contributed by atoms with Gasteiger partial charge < -0.3 is 0 Å². The van der Waals surface area contributed by atoms with Crippen LogP contribution in [0.25, 0.3) is 0 Å². The van der Waals surface area contributed by atoms with Gasteiger partial charge in [-0.25, -0.2) is 18.2 Å². The number of rotatable bonds is 8. The number of carbonyl (C=O) groups excluding carboxylic acids is 1. The Kier molecular flexibility index (Phi) is 8.61. The predicted molar refractivity (Wildman–Crippen MR) is 130 cm³/mol. The fourth-order valence-corrected chi connectivity index (χ4v) is 4.89. The topological polar surface area (TPSA) is 78.8 Å². The maximum absolute atomic E-state index is 14.4. The molecule has 1 N–H and O–H groups in total. The smallest absolute Gasteiger partial charge is 0.255 e. The highest BCUT2D eigenvalue weighted by molar-refractivity contribution is 9.10. The molecule has 33 heavy (non-hydrogen) atoms. The SMILES string of the molecule is O=C(CN(Cc1c(F)cccc1Cl)S(=O)(=O)c1ccc(Cl)cc1)N/N=C\c1ccccc1Br. The van der Waals surface area contributed by atoms with Crippen molar-refractivity contribution in [1.82, 2.24) is 9.73 Å². The number of hydrazone groups is 1. The molecule has 0 radical (unpaired) electrons. The molecule has 0 unspecified atom stereocenters. The number of amides is 1. The van der Waals surface area contributed by atoms with E-state index in [1.807, 2.05) is 12.1 Å². The van der Waals surface area contributed by atoms with Crippen LogP contribution in [0.3, 0.4) is 0 Å². The van der Waals surface area contributed by atoms with Crippen molar-refractivity contribution in [2.45, 2.75) is 11.4 Å². The van der Waals surface area contributed by atoms with Crippen molar-refractivity contribution in [3.63, 3.8) is 0 Å². The monoisotopic (exact) mass is 571 g/mol. The van der Waals surface area contributed by atoms with Gasteiger partial charge in [-0.1, -0.05) is 63.4 Å². The molecule has 0 saturated heterocycles. The molecule has 11 heteroatoms. The van der Waals surface area contributed by atoms with Crippen LogP contribution in [0.4, 0.5) is 4.39 Å². The van der Waals surface area contributed by atoms with E-state index in [0.29, 0.717) is 10.6 Å². The van der Waals surface area contributed by atoms with Crippen LogP contribution in [-0.4, -0.2) is 31.4 Å². The summed E-state index contributed by atoms with van der Waals surface area (Å²) >= 11 is 15.3. The van der Waals surface area contributed by atoms with Gasteiger partial charge in [0, 0.05) is 32.2 Å². The lowest BCUT2D eigenvalue weighted by atomic mass is 10.2. The molecule has 1 amide bonds. The molecule has 0 bridgehead atoms. The fourth-order valence-electron chi connectivity index (χ4n) is 2.79. The van der Waals surface area contributed by atoms with Crippen molar-refractivity contribution in [3.8, 4) is 0 Å². The van der Waals surface area contributed by atoms with Gasteiger partial charge in [0.15, 0.2) is 0 Å². The summed E-state index contributed by atoms with van der Waals surface area (Å²) < 4.78 is 42.4. The fraction of sp³-hybridized carbons (Fsp3) is 0.0909. The second kappa shape index (κ2) is 11.2. The predicted octanol–water partition coefficient (Wildman–Crippen LogP) is 5.24.